The summed E-state index contributed by atoms with van der Waals surface area (Å²) < 4.78 is 51.8. The number of fused-ring (bicyclic) bond motifs is 3. The van der Waals surface area contributed by atoms with E-state index >= 15 is 4.39 Å². The smallest absolute Gasteiger partial charge is 0.410 e. The van der Waals surface area contributed by atoms with Crippen LogP contribution in [0.1, 0.15) is 77.5 Å². The summed E-state index contributed by atoms with van der Waals surface area (Å²) in [5.74, 6) is -0.0863. The summed E-state index contributed by atoms with van der Waals surface area (Å²) in [5.41, 5.74) is 1.45. The number of aromatic nitrogens is 4. The van der Waals surface area contributed by atoms with E-state index in [9.17, 15) is 9.18 Å². The molecule has 4 aliphatic rings. The zero-order valence-corrected chi connectivity index (χ0v) is 31.9. The molecule has 4 aliphatic heterocycles. The van der Waals surface area contributed by atoms with Crippen LogP contribution in [-0.2, 0) is 9.47 Å². The second-order valence-corrected chi connectivity index (χ2v) is 16.6. The minimum atomic E-state index is -0.918. The number of carbonyl (C=O) groups excluding carboxylic acids is 1. The Morgan fingerprint density at radius 2 is 1.96 bits per heavy atom. The first kappa shape index (κ1) is 36.2. The molecule has 0 aliphatic carbocycles. The fraction of sp³-hybridized carbons (Fsp3) is 0.590. The van der Waals surface area contributed by atoms with E-state index in [0.29, 0.717) is 66.3 Å². The van der Waals surface area contributed by atoms with E-state index in [1.807, 2.05) is 56.5 Å². The number of nitrogens with zero attached hydrogens (tertiary/aromatic N) is 7. The van der Waals surface area contributed by atoms with Gasteiger partial charge in [0.25, 0.3) is 0 Å². The van der Waals surface area contributed by atoms with E-state index in [-0.39, 0.29) is 42.1 Å². The van der Waals surface area contributed by atoms with Gasteiger partial charge >= 0.3 is 12.1 Å². The number of hydrogen-bond donors (Lipinski definition) is 0. The van der Waals surface area contributed by atoms with Crippen LogP contribution in [0.2, 0.25) is 5.02 Å². The summed E-state index contributed by atoms with van der Waals surface area (Å²) >= 11 is 7.01. The number of carbonyl (C=O) groups is 1. The Balaban J connectivity index is 1.20. The Morgan fingerprint density at radius 3 is 2.74 bits per heavy atom. The lowest BCUT2D eigenvalue weighted by Gasteiger charge is -2.31. The number of anilines is 1. The topological polar surface area (TPSA) is 98.1 Å². The second-order valence-electron chi connectivity index (χ2n) is 16.2. The fourth-order valence-electron chi connectivity index (χ4n) is 8.72. The van der Waals surface area contributed by atoms with Crippen molar-refractivity contribution in [1.29, 1.82) is 0 Å². The zero-order chi connectivity index (χ0) is 37.2. The maximum Gasteiger partial charge on any atom is 0.410 e. The van der Waals surface area contributed by atoms with Gasteiger partial charge in [-0.1, -0.05) is 17.7 Å². The molecule has 14 heteroatoms. The number of amides is 1. The molecule has 1 amide bonds. The highest BCUT2D eigenvalue weighted by atomic mass is 35.5. The largest absolute Gasteiger partial charge is 0.461 e. The molecular formula is C39H48ClF2N7O4. The van der Waals surface area contributed by atoms with Crippen LogP contribution in [0, 0.1) is 12.7 Å². The first-order valence-corrected chi connectivity index (χ1v) is 19.2. The summed E-state index contributed by atoms with van der Waals surface area (Å²) in [6.45, 7) is 10.4. The van der Waals surface area contributed by atoms with Crippen molar-refractivity contribution in [1.82, 2.24) is 29.5 Å². The molecule has 53 heavy (non-hydrogen) atoms. The molecule has 284 valence electrons. The normalized spacial score (nSPS) is 25.1. The molecule has 4 atom stereocenters. The van der Waals surface area contributed by atoms with Crippen LogP contribution in [0.5, 0.6) is 6.01 Å². The van der Waals surface area contributed by atoms with Crippen molar-refractivity contribution in [3.8, 4) is 17.1 Å². The molecule has 4 fully saturated rings. The summed E-state index contributed by atoms with van der Waals surface area (Å²) in [4.78, 5) is 28.3. The SMILES string of the molecule is Cc1cc2c(cnn2C2CCCCO2)c(-c2ccc3c(N(C)[C@@H]4CCN(C(=O)OC(C)(C)C)C4)nc(OC[C@@]45CCCN4C[C@H](F)C5)nc3c2F)c1Cl. The van der Waals surface area contributed by atoms with Gasteiger partial charge in [-0.2, -0.15) is 15.1 Å². The van der Waals surface area contributed by atoms with Gasteiger partial charge < -0.3 is 24.0 Å². The Hall–Kier alpha value is -3.81. The fourth-order valence-corrected chi connectivity index (χ4v) is 8.98. The molecule has 8 rings (SSSR count). The molecule has 1 unspecified atom stereocenters. The second kappa shape index (κ2) is 13.8. The van der Waals surface area contributed by atoms with Gasteiger partial charge in [0.1, 0.15) is 29.7 Å². The third-order valence-corrected chi connectivity index (χ3v) is 11.9. The summed E-state index contributed by atoms with van der Waals surface area (Å²) in [5, 5.41) is 6.33. The molecule has 2 aromatic heterocycles. The van der Waals surface area contributed by atoms with Crippen LogP contribution >= 0.6 is 11.6 Å². The van der Waals surface area contributed by atoms with Gasteiger partial charge in [-0.3, -0.25) is 4.90 Å². The molecule has 0 saturated carbocycles. The predicted octanol–water partition coefficient (Wildman–Crippen LogP) is 7.85. The Kier molecular flexibility index (Phi) is 9.42. The van der Waals surface area contributed by atoms with Gasteiger partial charge in [-0.15, -0.1) is 0 Å². The molecule has 0 radical (unpaired) electrons. The third kappa shape index (κ3) is 6.67. The Bertz CT molecular complexity index is 2050. The average Bonchev–Trinajstić information content (AvgIpc) is 3.91. The number of benzene rings is 2. The molecule has 4 saturated heterocycles. The lowest BCUT2D eigenvalue weighted by atomic mass is 9.95. The van der Waals surface area contributed by atoms with Crippen molar-refractivity contribution in [2.45, 2.75) is 102 Å². The van der Waals surface area contributed by atoms with Crippen molar-refractivity contribution < 1.29 is 27.8 Å². The number of halogens is 3. The third-order valence-electron chi connectivity index (χ3n) is 11.4. The van der Waals surface area contributed by atoms with E-state index in [1.165, 1.54) is 0 Å². The first-order chi connectivity index (χ1) is 25.3. The lowest BCUT2D eigenvalue weighted by Crippen LogP contribution is -2.43. The van der Waals surface area contributed by atoms with Gasteiger partial charge in [-0.25, -0.2) is 18.3 Å². The molecule has 4 aromatic rings. The zero-order valence-electron chi connectivity index (χ0n) is 31.1. The van der Waals surface area contributed by atoms with Gasteiger partial charge in [0.05, 0.1) is 22.3 Å². The number of hydrogen-bond acceptors (Lipinski definition) is 9. The molecule has 6 heterocycles. The molecule has 0 spiro atoms. The molecule has 0 N–H and O–H groups in total. The number of likely N-dealkylation sites (N-methyl/N-ethyl adjacent to an activating group) is 1. The van der Waals surface area contributed by atoms with E-state index in [1.54, 1.807) is 17.2 Å². The highest BCUT2D eigenvalue weighted by molar-refractivity contribution is 6.36. The van der Waals surface area contributed by atoms with Crippen LogP contribution in [-0.4, -0.2) is 105 Å². The minimum Gasteiger partial charge on any atom is -0.461 e. The lowest BCUT2D eigenvalue weighted by molar-refractivity contribution is -0.0366. The van der Waals surface area contributed by atoms with Crippen molar-refractivity contribution in [3.63, 3.8) is 0 Å². The molecular weight excluding hydrogens is 704 g/mol. The number of alkyl halides is 1. The van der Waals surface area contributed by atoms with Gasteiger partial charge in [-0.05, 0) is 90.5 Å². The summed E-state index contributed by atoms with van der Waals surface area (Å²) in [6, 6.07) is 5.42. The van der Waals surface area contributed by atoms with Crippen LogP contribution < -0.4 is 9.64 Å². The predicted molar refractivity (Wildman–Crippen MR) is 200 cm³/mol. The van der Waals surface area contributed by atoms with Gasteiger partial charge in [0.2, 0.25) is 0 Å². The first-order valence-electron chi connectivity index (χ1n) is 18.8. The van der Waals surface area contributed by atoms with Crippen molar-refractivity contribution in [2.75, 3.05) is 51.3 Å². The van der Waals surface area contributed by atoms with E-state index < -0.39 is 23.1 Å². The molecule has 2 aromatic carbocycles. The molecule has 0 bridgehead atoms. The van der Waals surface area contributed by atoms with E-state index in [4.69, 9.17) is 40.9 Å². The van der Waals surface area contributed by atoms with E-state index in [0.717, 1.165) is 49.7 Å². The van der Waals surface area contributed by atoms with Crippen LogP contribution in [0.25, 0.3) is 32.9 Å². The maximum absolute atomic E-state index is 17.3. The average molecular weight is 752 g/mol. The highest BCUT2D eigenvalue weighted by Crippen LogP contribution is 2.44. The van der Waals surface area contributed by atoms with Crippen molar-refractivity contribution in [2.24, 2.45) is 0 Å². The standard InChI is InChI=1S/C39H48ClF2N7O4/c1-23-17-29-28(19-43-49(29)30-9-6-7-16-51-30)31(32(23)40)26-10-11-27-34(33(26)42)44-36(52-22-39-13-8-14-48(39)20-24(41)18-39)45-35(27)46(5)25-12-15-47(21-25)37(50)53-38(2,3)4/h10-11,17,19,24-25,30H,6-9,12-16,18,20-22H2,1-5H3/t24-,25-,30?,39+/m1/s1. The highest BCUT2D eigenvalue weighted by Gasteiger charge is 2.49. The quantitative estimate of drug-likeness (QED) is 0.187. The monoisotopic (exact) mass is 751 g/mol. The van der Waals surface area contributed by atoms with Crippen LogP contribution in [0.4, 0.5) is 19.4 Å². The Morgan fingerprint density at radius 1 is 1.13 bits per heavy atom. The van der Waals surface area contributed by atoms with Crippen molar-refractivity contribution in [3.05, 3.63) is 40.8 Å². The number of aryl methyl sites for hydroxylation is 1. The summed E-state index contributed by atoms with van der Waals surface area (Å²) in [6.07, 6.45) is 5.96. The number of rotatable bonds is 7. The number of ether oxygens (including phenoxy) is 3. The Labute approximate surface area is 313 Å². The van der Waals surface area contributed by atoms with Crippen LogP contribution in [0.3, 0.4) is 0 Å². The summed E-state index contributed by atoms with van der Waals surface area (Å²) in [7, 11) is 1.89. The minimum absolute atomic E-state index is 0.0173. The van der Waals surface area contributed by atoms with Crippen molar-refractivity contribution >= 4 is 45.3 Å². The number of likely N-dealkylation sites (tertiary alicyclic amines) is 1. The maximum atomic E-state index is 17.3. The molecule has 11 nitrogen and oxygen atoms in total. The van der Waals surface area contributed by atoms with Gasteiger partial charge in [0.15, 0.2) is 12.0 Å². The van der Waals surface area contributed by atoms with Gasteiger partial charge in [0, 0.05) is 67.7 Å². The van der Waals surface area contributed by atoms with E-state index in [2.05, 4.69) is 4.90 Å². The van der Waals surface area contributed by atoms with Crippen LogP contribution in [0.15, 0.2) is 24.4 Å².